The van der Waals surface area contributed by atoms with E-state index in [0.29, 0.717) is 5.52 Å². The molecule has 116 valence electrons. The standard InChI is InChI=1S/C17H20N2O3/c1-4-17(2,3)19-15(20)11-22-16(21)14-10-9-12-7-5-6-8-13(12)18-14/h5-10H,4,11H2,1-3H3,(H,19,20). The van der Waals surface area contributed by atoms with Crippen molar-refractivity contribution >= 4 is 22.8 Å². The van der Waals surface area contributed by atoms with Crippen LogP contribution in [0.1, 0.15) is 37.7 Å². The van der Waals surface area contributed by atoms with Crippen molar-refractivity contribution in [3.63, 3.8) is 0 Å². The molecule has 0 aliphatic rings. The highest BCUT2D eigenvalue weighted by atomic mass is 16.5. The van der Waals surface area contributed by atoms with Gasteiger partial charge in [0.05, 0.1) is 5.52 Å². The van der Waals surface area contributed by atoms with E-state index >= 15 is 0 Å². The highest BCUT2D eigenvalue weighted by Crippen LogP contribution is 2.12. The van der Waals surface area contributed by atoms with Gasteiger partial charge in [0.25, 0.3) is 5.91 Å². The molecule has 2 aromatic rings. The highest BCUT2D eigenvalue weighted by molar-refractivity contribution is 5.92. The number of nitrogens with one attached hydrogen (secondary N) is 1. The van der Waals surface area contributed by atoms with Crippen molar-refractivity contribution in [2.45, 2.75) is 32.7 Å². The second-order valence-electron chi connectivity index (χ2n) is 5.75. The van der Waals surface area contributed by atoms with Crippen LogP contribution in [0, 0.1) is 0 Å². The Labute approximate surface area is 129 Å². The van der Waals surface area contributed by atoms with Crippen molar-refractivity contribution in [3.8, 4) is 0 Å². The first kappa shape index (κ1) is 15.9. The number of esters is 1. The first-order valence-electron chi connectivity index (χ1n) is 7.25. The average Bonchev–Trinajstić information content (AvgIpc) is 2.51. The number of rotatable bonds is 5. The van der Waals surface area contributed by atoms with Crippen LogP contribution in [0.15, 0.2) is 36.4 Å². The van der Waals surface area contributed by atoms with Gasteiger partial charge in [0.1, 0.15) is 5.69 Å². The van der Waals surface area contributed by atoms with Crippen LogP contribution < -0.4 is 5.32 Å². The molecule has 1 aromatic heterocycles. The van der Waals surface area contributed by atoms with Crippen LogP contribution in [-0.4, -0.2) is 29.0 Å². The second kappa shape index (κ2) is 6.56. The SMILES string of the molecule is CCC(C)(C)NC(=O)COC(=O)c1ccc2ccccc2n1. The van der Waals surface area contributed by atoms with Crippen LogP contribution >= 0.6 is 0 Å². The monoisotopic (exact) mass is 300 g/mol. The Balaban J connectivity index is 1.98. The number of carbonyl (C=O) groups excluding carboxylic acids is 2. The van der Waals surface area contributed by atoms with E-state index in [4.69, 9.17) is 4.74 Å². The lowest BCUT2D eigenvalue weighted by atomic mass is 10.0. The highest BCUT2D eigenvalue weighted by Gasteiger charge is 2.19. The van der Waals surface area contributed by atoms with Gasteiger partial charge >= 0.3 is 5.97 Å². The van der Waals surface area contributed by atoms with Gasteiger partial charge in [-0.15, -0.1) is 0 Å². The Morgan fingerprint density at radius 2 is 1.91 bits per heavy atom. The molecule has 1 amide bonds. The number of hydrogen-bond donors (Lipinski definition) is 1. The van der Waals surface area contributed by atoms with Gasteiger partial charge in [-0.3, -0.25) is 4.79 Å². The molecule has 0 fully saturated rings. The second-order valence-corrected chi connectivity index (χ2v) is 5.75. The number of benzene rings is 1. The topological polar surface area (TPSA) is 68.3 Å². The van der Waals surface area contributed by atoms with Gasteiger partial charge in [0.2, 0.25) is 0 Å². The fourth-order valence-electron chi connectivity index (χ4n) is 1.89. The first-order chi connectivity index (χ1) is 10.4. The molecule has 5 nitrogen and oxygen atoms in total. The number of aromatic nitrogens is 1. The summed E-state index contributed by atoms with van der Waals surface area (Å²) < 4.78 is 5.02. The van der Waals surface area contributed by atoms with Crippen molar-refractivity contribution in [2.75, 3.05) is 6.61 Å². The van der Waals surface area contributed by atoms with E-state index in [9.17, 15) is 9.59 Å². The van der Waals surface area contributed by atoms with E-state index in [0.717, 1.165) is 11.8 Å². The molecule has 0 bridgehead atoms. The van der Waals surface area contributed by atoms with Crippen LogP contribution in [0.3, 0.4) is 0 Å². The molecule has 22 heavy (non-hydrogen) atoms. The summed E-state index contributed by atoms with van der Waals surface area (Å²) in [6.45, 7) is 5.50. The molecule has 0 aliphatic carbocycles. The van der Waals surface area contributed by atoms with Crippen molar-refractivity contribution < 1.29 is 14.3 Å². The van der Waals surface area contributed by atoms with Crippen LogP contribution in [0.2, 0.25) is 0 Å². The van der Waals surface area contributed by atoms with Gasteiger partial charge in [0.15, 0.2) is 6.61 Å². The Morgan fingerprint density at radius 1 is 1.18 bits per heavy atom. The quantitative estimate of drug-likeness (QED) is 0.862. The van der Waals surface area contributed by atoms with E-state index in [-0.39, 0.29) is 23.7 Å². The van der Waals surface area contributed by atoms with Gasteiger partial charge in [0, 0.05) is 10.9 Å². The summed E-state index contributed by atoms with van der Waals surface area (Å²) in [5, 5.41) is 3.75. The van der Waals surface area contributed by atoms with E-state index in [2.05, 4.69) is 10.3 Å². The number of ether oxygens (including phenoxy) is 1. The van der Waals surface area contributed by atoms with Gasteiger partial charge in [-0.05, 0) is 32.4 Å². The van der Waals surface area contributed by atoms with E-state index in [1.54, 1.807) is 12.1 Å². The molecule has 1 aromatic carbocycles. The third kappa shape index (κ3) is 4.04. The Morgan fingerprint density at radius 3 is 2.64 bits per heavy atom. The minimum Gasteiger partial charge on any atom is -0.451 e. The van der Waals surface area contributed by atoms with Gasteiger partial charge in [-0.25, -0.2) is 9.78 Å². The van der Waals surface area contributed by atoms with E-state index < -0.39 is 5.97 Å². The zero-order valence-electron chi connectivity index (χ0n) is 13.1. The van der Waals surface area contributed by atoms with Gasteiger partial charge < -0.3 is 10.1 Å². The minimum absolute atomic E-state index is 0.196. The number of hydrogen-bond acceptors (Lipinski definition) is 4. The fourth-order valence-corrected chi connectivity index (χ4v) is 1.89. The van der Waals surface area contributed by atoms with Crippen LogP contribution in [0.4, 0.5) is 0 Å². The Kier molecular flexibility index (Phi) is 4.75. The smallest absolute Gasteiger partial charge is 0.357 e. The molecule has 2 rings (SSSR count). The lowest BCUT2D eigenvalue weighted by molar-refractivity contribution is -0.125. The number of para-hydroxylation sites is 1. The van der Waals surface area contributed by atoms with Crippen molar-refractivity contribution in [2.24, 2.45) is 0 Å². The number of fused-ring (bicyclic) bond motifs is 1. The van der Waals surface area contributed by atoms with E-state index in [1.807, 2.05) is 45.0 Å². The molecule has 0 aliphatic heterocycles. The molecule has 0 saturated carbocycles. The molecule has 1 heterocycles. The minimum atomic E-state index is -0.602. The summed E-state index contributed by atoms with van der Waals surface area (Å²) in [5.41, 5.74) is 0.597. The van der Waals surface area contributed by atoms with Crippen molar-refractivity contribution in [1.82, 2.24) is 10.3 Å². The normalized spacial score (nSPS) is 11.2. The summed E-state index contributed by atoms with van der Waals surface area (Å²) >= 11 is 0. The first-order valence-corrected chi connectivity index (χ1v) is 7.25. The number of carbonyl (C=O) groups is 2. The lowest BCUT2D eigenvalue weighted by Gasteiger charge is -2.24. The lowest BCUT2D eigenvalue weighted by Crippen LogP contribution is -2.44. The summed E-state index contributed by atoms with van der Waals surface area (Å²) in [5.74, 6) is -0.920. The predicted octanol–water partition coefficient (Wildman–Crippen LogP) is 2.70. The van der Waals surface area contributed by atoms with Crippen LogP contribution in [0.5, 0.6) is 0 Å². The average molecular weight is 300 g/mol. The van der Waals surface area contributed by atoms with Crippen LogP contribution in [-0.2, 0) is 9.53 Å². The molecule has 0 unspecified atom stereocenters. The summed E-state index contributed by atoms with van der Waals surface area (Å²) in [4.78, 5) is 28.0. The van der Waals surface area contributed by atoms with Crippen molar-refractivity contribution in [3.05, 3.63) is 42.1 Å². The van der Waals surface area contributed by atoms with Gasteiger partial charge in [-0.1, -0.05) is 31.2 Å². The maximum atomic E-state index is 12.0. The maximum Gasteiger partial charge on any atom is 0.357 e. The third-order valence-corrected chi connectivity index (χ3v) is 3.50. The Bertz CT molecular complexity index is 695. The van der Waals surface area contributed by atoms with Crippen LogP contribution in [0.25, 0.3) is 10.9 Å². The zero-order valence-corrected chi connectivity index (χ0v) is 13.1. The molecule has 0 spiro atoms. The predicted molar refractivity (Wildman–Crippen MR) is 84.5 cm³/mol. The third-order valence-electron chi connectivity index (χ3n) is 3.50. The summed E-state index contributed by atoms with van der Waals surface area (Å²) in [7, 11) is 0. The molecule has 5 heteroatoms. The molecule has 1 N–H and O–H groups in total. The van der Waals surface area contributed by atoms with E-state index in [1.165, 1.54) is 0 Å². The summed E-state index contributed by atoms with van der Waals surface area (Å²) in [6, 6.07) is 10.9. The molecule has 0 atom stereocenters. The zero-order chi connectivity index (χ0) is 16.2. The van der Waals surface area contributed by atoms with Crippen molar-refractivity contribution in [1.29, 1.82) is 0 Å². The maximum absolute atomic E-state index is 12.0. The molecule has 0 radical (unpaired) electrons. The number of pyridine rings is 1. The summed E-state index contributed by atoms with van der Waals surface area (Å²) in [6.07, 6.45) is 0.791. The number of amides is 1. The fraction of sp³-hybridized carbons (Fsp3) is 0.353. The molecular formula is C17H20N2O3. The Hall–Kier alpha value is -2.43. The number of nitrogens with zero attached hydrogens (tertiary/aromatic N) is 1. The largest absolute Gasteiger partial charge is 0.451 e. The molecular weight excluding hydrogens is 280 g/mol. The molecule has 0 saturated heterocycles. The van der Waals surface area contributed by atoms with Gasteiger partial charge in [-0.2, -0.15) is 0 Å².